The summed E-state index contributed by atoms with van der Waals surface area (Å²) >= 11 is 3.51. The highest BCUT2D eigenvalue weighted by Gasteiger charge is 2.21. The number of carbonyl (C=O) groups is 1. The second-order valence-corrected chi connectivity index (χ2v) is 4.45. The van der Waals surface area contributed by atoms with E-state index in [4.69, 9.17) is 0 Å². The highest BCUT2D eigenvalue weighted by molar-refractivity contribution is 9.09. The normalized spacial score (nSPS) is 28.5. The van der Waals surface area contributed by atoms with Crippen LogP contribution in [0.2, 0.25) is 0 Å². The molecule has 2 unspecified atom stereocenters. The lowest BCUT2D eigenvalue weighted by Gasteiger charge is -2.28. The summed E-state index contributed by atoms with van der Waals surface area (Å²) in [5, 5.41) is 4.15. The monoisotopic (exact) mass is 247 g/mol. The van der Waals surface area contributed by atoms with Crippen LogP contribution in [0, 0.1) is 5.92 Å². The van der Waals surface area contributed by atoms with Crippen LogP contribution in [0.15, 0.2) is 0 Å². The van der Waals surface area contributed by atoms with Gasteiger partial charge in [-0.05, 0) is 25.2 Å². The van der Waals surface area contributed by atoms with Crippen LogP contribution in [-0.4, -0.2) is 17.3 Å². The molecule has 0 aromatic rings. The van der Waals surface area contributed by atoms with E-state index in [-0.39, 0.29) is 5.91 Å². The first-order valence-corrected chi connectivity index (χ1v) is 6.23. The first-order valence-electron chi connectivity index (χ1n) is 5.11. The summed E-state index contributed by atoms with van der Waals surface area (Å²) in [5.41, 5.74) is 0. The van der Waals surface area contributed by atoms with Gasteiger partial charge < -0.3 is 5.32 Å². The van der Waals surface area contributed by atoms with Crippen molar-refractivity contribution < 1.29 is 4.79 Å². The Balaban J connectivity index is 2.29. The van der Waals surface area contributed by atoms with Crippen LogP contribution in [0.4, 0.5) is 0 Å². The fourth-order valence-electron chi connectivity index (χ4n) is 1.89. The van der Waals surface area contributed by atoms with Crippen molar-refractivity contribution in [1.29, 1.82) is 0 Å². The van der Waals surface area contributed by atoms with E-state index >= 15 is 0 Å². The highest BCUT2D eigenvalue weighted by atomic mass is 79.9. The molecule has 1 aliphatic carbocycles. The van der Waals surface area contributed by atoms with Crippen molar-refractivity contribution in [2.75, 3.05) is 5.33 Å². The second kappa shape index (κ2) is 5.63. The number of hydrogen-bond donors (Lipinski definition) is 1. The van der Waals surface area contributed by atoms with E-state index < -0.39 is 0 Å². The number of nitrogens with one attached hydrogen (secondary N) is 1. The Labute approximate surface area is 88.6 Å². The number of rotatable bonds is 3. The van der Waals surface area contributed by atoms with Gasteiger partial charge >= 0.3 is 0 Å². The number of amides is 1. The zero-order valence-electron chi connectivity index (χ0n) is 8.18. The third-order valence-corrected chi connectivity index (χ3v) is 3.60. The molecule has 1 N–H and O–H groups in total. The van der Waals surface area contributed by atoms with Gasteiger partial charge in [0.15, 0.2) is 0 Å². The quantitative estimate of drug-likeness (QED) is 0.764. The number of halogens is 1. The lowest BCUT2D eigenvalue weighted by Crippen LogP contribution is -2.38. The summed E-state index contributed by atoms with van der Waals surface area (Å²) < 4.78 is 0. The Kier molecular flexibility index (Phi) is 4.78. The Morgan fingerprint density at radius 3 is 2.92 bits per heavy atom. The van der Waals surface area contributed by atoms with Gasteiger partial charge in [0, 0.05) is 17.8 Å². The predicted octanol–water partition coefficient (Wildman–Crippen LogP) is 2.47. The minimum atomic E-state index is 0.195. The summed E-state index contributed by atoms with van der Waals surface area (Å²) in [4.78, 5) is 11.2. The van der Waals surface area contributed by atoms with Crippen molar-refractivity contribution in [2.45, 2.75) is 45.1 Å². The van der Waals surface area contributed by atoms with Gasteiger partial charge in [-0.3, -0.25) is 4.79 Å². The molecule has 1 amide bonds. The number of carbonyl (C=O) groups excluding carboxylic acids is 1. The van der Waals surface area contributed by atoms with E-state index in [1.165, 1.54) is 12.8 Å². The molecule has 0 aliphatic heterocycles. The average Bonchev–Trinajstić information content (AvgIpc) is 2.18. The zero-order valence-corrected chi connectivity index (χ0v) is 9.77. The summed E-state index contributed by atoms with van der Waals surface area (Å²) in [7, 11) is 0. The van der Waals surface area contributed by atoms with E-state index in [1.54, 1.807) is 0 Å². The van der Waals surface area contributed by atoms with E-state index in [0.717, 1.165) is 24.1 Å². The zero-order chi connectivity index (χ0) is 9.68. The Bertz CT molecular complexity index is 172. The Hall–Kier alpha value is -0.0500. The summed E-state index contributed by atoms with van der Waals surface area (Å²) in [5.74, 6) is 0.955. The first-order chi connectivity index (χ1) is 6.26. The van der Waals surface area contributed by atoms with Gasteiger partial charge in [-0.1, -0.05) is 29.3 Å². The fourth-order valence-corrected chi connectivity index (χ4v) is 2.48. The van der Waals surface area contributed by atoms with Crippen LogP contribution in [0.25, 0.3) is 0 Å². The standard InChI is InChI=1S/C10H18BrNO/c1-2-10(13)12-9-5-3-4-8(6-9)7-11/h8-9H,2-7H2,1H3,(H,12,13). The van der Waals surface area contributed by atoms with Crippen LogP contribution in [0.3, 0.4) is 0 Å². The van der Waals surface area contributed by atoms with Gasteiger partial charge in [-0.2, -0.15) is 0 Å². The van der Waals surface area contributed by atoms with Crippen molar-refractivity contribution in [3.05, 3.63) is 0 Å². The van der Waals surface area contributed by atoms with Crippen molar-refractivity contribution in [3.63, 3.8) is 0 Å². The maximum absolute atomic E-state index is 11.2. The molecule has 2 atom stereocenters. The minimum absolute atomic E-state index is 0.195. The van der Waals surface area contributed by atoms with Crippen molar-refractivity contribution in [2.24, 2.45) is 5.92 Å². The van der Waals surface area contributed by atoms with Gasteiger partial charge in [0.1, 0.15) is 0 Å². The minimum Gasteiger partial charge on any atom is -0.353 e. The molecule has 0 heterocycles. The molecule has 76 valence electrons. The van der Waals surface area contributed by atoms with E-state index in [9.17, 15) is 4.79 Å². The summed E-state index contributed by atoms with van der Waals surface area (Å²) in [6, 6.07) is 0.434. The predicted molar refractivity (Wildman–Crippen MR) is 58.0 cm³/mol. The van der Waals surface area contributed by atoms with E-state index in [1.807, 2.05) is 6.92 Å². The molecule has 0 spiro atoms. The smallest absolute Gasteiger partial charge is 0.219 e. The van der Waals surface area contributed by atoms with Gasteiger partial charge in [-0.15, -0.1) is 0 Å². The third-order valence-electron chi connectivity index (χ3n) is 2.69. The molecule has 2 nitrogen and oxygen atoms in total. The van der Waals surface area contributed by atoms with Gasteiger partial charge in [-0.25, -0.2) is 0 Å². The lowest BCUT2D eigenvalue weighted by atomic mass is 9.87. The van der Waals surface area contributed by atoms with E-state index in [2.05, 4.69) is 21.2 Å². The first kappa shape index (κ1) is 11.0. The van der Waals surface area contributed by atoms with Crippen LogP contribution < -0.4 is 5.32 Å². The van der Waals surface area contributed by atoms with Crippen molar-refractivity contribution in [1.82, 2.24) is 5.32 Å². The molecule has 0 aromatic heterocycles. The van der Waals surface area contributed by atoms with E-state index in [0.29, 0.717) is 12.5 Å². The summed E-state index contributed by atoms with van der Waals surface area (Å²) in [6.45, 7) is 1.90. The average molecular weight is 248 g/mol. The molecule has 0 aromatic carbocycles. The maximum Gasteiger partial charge on any atom is 0.219 e. The number of alkyl halides is 1. The lowest BCUT2D eigenvalue weighted by molar-refractivity contribution is -0.121. The van der Waals surface area contributed by atoms with Crippen LogP contribution >= 0.6 is 15.9 Å². The van der Waals surface area contributed by atoms with Gasteiger partial charge in [0.2, 0.25) is 5.91 Å². The Morgan fingerprint density at radius 1 is 1.54 bits per heavy atom. The molecule has 1 aliphatic rings. The SMILES string of the molecule is CCC(=O)NC1CCCC(CBr)C1. The molecule has 1 fully saturated rings. The third kappa shape index (κ3) is 3.67. The highest BCUT2D eigenvalue weighted by Crippen LogP contribution is 2.25. The molecule has 3 heteroatoms. The molecule has 0 radical (unpaired) electrons. The molecule has 0 saturated heterocycles. The molecule has 0 bridgehead atoms. The molecule has 1 saturated carbocycles. The summed E-state index contributed by atoms with van der Waals surface area (Å²) in [6.07, 6.45) is 5.48. The van der Waals surface area contributed by atoms with Crippen LogP contribution in [0.1, 0.15) is 39.0 Å². The van der Waals surface area contributed by atoms with Gasteiger partial charge in [0.25, 0.3) is 0 Å². The second-order valence-electron chi connectivity index (χ2n) is 3.80. The van der Waals surface area contributed by atoms with Crippen LogP contribution in [-0.2, 0) is 4.79 Å². The number of hydrogen-bond acceptors (Lipinski definition) is 1. The van der Waals surface area contributed by atoms with Crippen molar-refractivity contribution in [3.8, 4) is 0 Å². The molecule has 1 rings (SSSR count). The maximum atomic E-state index is 11.2. The Morgan fingerprint density at radius 2 is 2.31 bits per heavy atom. The topological polar surface area (TPSA) is 29.1 Å². The van der Waals surface area contributed by atoms with Crippen LogP contribution in [0.5, 0.6) is 0 Å². The van der Waals surface area contributed by atoms with Crippen molar-refractivity contribution >= 4 is 21.8 Å². The molecule has 13 heavy (non-hydrogen) atoms. The molecular weight excluding hydrogens is 230 g/mol. The fraction of sp³-hybridized carbons (Fsp3) is 0.900. The largest absolute Gasteiger partial charge is 0.353 e. The molecular formula is C10H18BrNO. The van der Waals surface area contributed by atoms with Gasteiger partial charge in [0.05, 0.1) is 0 Å².